The summed E-state index contributed by atoms with van der Waals surface area (Å²) in [7, 11) is -3.68. The Morgan fingerprint density at radius 1 is 1.28 bits per heavy atom. The summed E-state index contributed by atoms with van der Waals surface area (Å²) in [5.41, 5.74) is 0. The summed E-state index contributed by atoms with van der Waals surface area (Å²) >= 11 is 11.5. The summed E-state index contributed by atoms with van der Waals surface area (Å²) in [5.74, 6) is 0.218. The van der Waals surface area contributed by atoms with Crippen molar-refractivity contribution >= 4 is 33.2 Å². The number of hydrogen-bond acceptors (Lipinski definition) is 3. The number of benzene rings is 1. The fraction of sp³-hybridized carbons (Fsp3) is 0.455. The number of sulfonamides is 1. The normalized spacial score (nSPS) is 17.7. The molecule has 1 aliphatic carbocycles. The van der Waals surface area contributed by atoms with Gasteiger partial charge in [0.1, 0.15) is 0 Å². The molecule has 1 aromatic carbocycles. The summed E-state index contributed by atoms with van der Waals surface area (Å²) < 4.78 is 26.2. The number of halogens is 2. The highest BCUT2D eigenvalue weighted by Gasteiger charge is 2.30. The Balaban J connectivity index is 2.09. The first kappa shape index (κ1) is 14.1. The third-order valence-electron chi connectivity index (χ3n) is 2.80. The van der Waals surface area contributed by atoms with E-state index in [1.54, 1.807) is 0 Å². The molecule has 1 aromatic rings. The number of aliphatic hydroxyl groups excluding tert-OH is 1. The standard InChI is InChI=1S/C11H13Cl2NO3S/c12-8-3-9(13)5-10(4-8)18(16,17)14-6-11(15)7-1-2-7/h3-5,7,11,14-15H,1-2,6H2. The average Bonchev–Trinajstić information content (AvgIpc) is 3.08. The van der Waals surface area contributed by atoms with Crippen LogP contribution < -0.4 is 4.72 Å². The zero-order valence-electron chi connectivity index (χ0n) is 9.44. The highest BCUT2D eigenvalue weighted by Crippen LogP contribution is 2.32. The van der Waals surface area contributed by atoms with E-state index in [9.17, 15) is 13.5 Å². The maximum Gasteiger partial charge on any atom is 0.240 e. The minimum Gasteiger partial charge on any atom is -0.391 e. The van der Waals surface area contributed by atoms with Crippen molar-refractivity contribution in [2.75, 3.05) is 6.54 Å². The first-order chi connectivity index (χ1) is 8.38. The average molecular weight is 310 g/mol. The minimum atomic E-state index is -3.68. The number of nitrogens with one attached hydrogen (secondary N) is 1. The topological polar surface area (TPSA) is 66.4 Å². The fourth-order valence-corrected chi connectivity index (χ4v) is 3.39. The lowest BCUT2D eigenvalue weighted by atomic mass is 10.2. The lowest BCUT2D eigenvalue weighted by molar-refractivity contribution is 0.155. The van der Waals surface area contributed by atoms with E-state index in [4.69, 9.17) is 23.2 Å². The molecule has 0 spiro atoms. The van der Waals surface area contributed by atoms with Crippen molar-refractivity contribution in [3.05, 3.63) is 28.2 Å². The molecule has 1 atom stereocenters. The van der Waals surface area contributed by atoms with E-state index in [2.05, 4.69) is 4.72 Å². The van der Waals surface area contributed by atoms with Crippen LogP contribution in [0.25, 0.3) is 0 Å². The Hall–Kier alpha value is -0.330. The molecule has 2 rings (SSSR count). The van der Waals surface area contributed by atoms with Crippen LogP contribution in [0.1, 0.15) is 12.8 Å². The monoisotopic (exact) mass is 309 g/mol. The zero-order chi connectivity index (χ0) is 13.3. The van der Waals surface area contributed by atoms with Crippen LogP contribution in [-0.4, -0.2) is 26.2 Å². The van der Waals surface area contributed by atoms with E-state index in [0.29, 0.717) is 0 Å². The minimum absolute atomic E-state index is 0.00277. The molecule has 4 nitrogen and oxygen atoms in total. The molecule has 0 bridgehead atoms. The molecule has 1 unspecified atom stereocenters. The van der Waals surface area contributed by atoms with E-state index in [0.717, 1.165) is 12.8 Å². The molecule has 0 aliphatic heterocycles. The highest BCUT2D eigenvalue weighted by molar-refractivity contribution is 7.89. The predicted octanol–water partition coefficient (Wildman–Crippen LogP) is 2.04. The van der Waals surface area contributed by atoms with Gasteiger partial charge in [-0.3, -0.25) is 0 Å². The second-order valence-corrected chi connectivity index (χ2v) is 7.00. The van der Waals surface area contributed by atoms with E-state index >= 15 is 0 Å². The predicted molar refractivity (Wildman–Crippen MR) is 70.4 cm³/mol. The summed E-state index contributed by atoms with van der Waals surface area (Å²) in [6, 6.07) is 4.10. The van der Waals surface area contributed by atoms with Crippen LogP contribution in [0, 0.1) is 5.92 Å². The molecule has 100 valence electrons. The highest BCUT2D eigenvalue weighted by atomic mass is 35.5. The molecule has 18 heavy (non-hydrogen) atoms. The largest absolute Gasteiger partial charge is 0.391 e. The molecule has 0 heterocycles. The molecule has 1 saturated carbocycles. The molecular weight excluding hydrogens is 297 g/mol. The van der Waals surface area contributed by atoms with Gasteiger partial charge in [0.2, 0.25) is 10.0 Å². The van der Waals surface area contributed by atoms with Crippen LogP contribution in [0.2, 0.25) is 10.0 Å². The summed E-state index contributed by atoms with van der Waals surface area (Å²) in [6.07, 6.45) is 1.27. The molecule has 0 radical (unpaired) electrons. The van der Waals surface area contributed by atoms with E-state index in [1.165, 1.54) is 18.2 Å². The number of hydrogen-bond donors (Lipinski definition) is 2. The van der Waals surface area contributed by atoms with Crippen molar-refractivity contribution in [3.63, 3.8) is 0 Å². The molecule has 0 aromatic heterocycles. The Bertz CT molecular complexity index is 523. The maximum absolute atomic E-state index is 11.9. The van der Waals surface area contributed by atoms with Gasteiger partial charge < -0.3 is 5.11 Å². The molecule has 1 aliphatic rings. The zero-order valence-corrected chi connectivity index (χ0v) is 11.8. The van der Waals surface area contributed by atoms with E-state index in [-0.39, 0.29) is 27.4 Å². The van der Waals surface area contributed by atoms with Gasteiger partial charge in [0, 0.05) is 16.6 Å². The molecular formula is C11H13Cl2NO3S. The van der Waals surface area contributed by atoms with Gasteiger partial charge in [-0.05, 0) is 37.0 Å². The van der Waals surface area contributed by atoms with Gasteiger partial charge in [-0.1, -0.05) is 23.2 Å². The van der Waals surface area contributed by atoms with Gasteiger partial charge in [-0.15, -0.1) is 0 Å². The lowest BCUT2D eigenvalue weighted by Gasteiger charge is -2.11. The Kier molecular flexibility index (Phi) is 4.18. The van der Waals surface area contributed by atoms with Crippen LogP contribution in [0.5, 0.6) is 0 Å². The third-order valence-corrected chi connectivity index (χ3v) is 4.63. The van der Waals surface area contributed by atoms with Gasteiger partial charge in [-0.25, -0.2) is 13.1 Å². The molecule has 1 fully saturated rings. The fourth-order valence-electron chi connectivity index (χ4n) is 1.61. The summed E-state index contributed by atoms with van der Waals surface area (Å²) in [6.45, 7) is 0.0110. The quantitative estimate of drug-likeness (QED) is 0.874. The molecule has 0 saturated heterocycles. The Morgan fingerprint density at radius 2 is 1.83 bits per heavy atom. The van der Waals surface area contributed by atoms with Crippen molar-refractivity contribution in [2.45, 2.75) is 23.8 Å². The van der Waals surface area contributed by atoms with Gasteiger partial charge in [0.25, 0.3) is 0 Å². The first-order valence-corrected chi connectivity index (χ1v) is 7.76. The Labute approximate surface area is 116 Å². The molecule has 2 N–H and O–H groups in total. The van der Waals surface area contributed by atoms with Gasteiger partial charge in [0.15, 0.2) is 0 Å². The van der Waals surface area contributed by atoms with Crippen molar-refractivity contribution in [2.24, 2.45) is 5.92 Å². The summed E-state index contributed by atoms with van der Waals surface area (Å²) in [4.78, 5) is 0.00277. The first-order valence-electron chi connectivity index (χ1n) is 5.52. The second-order valence-electron chi connectivity index (χ2n) is 4.36. The maximum atomic E-state index is 11.9. The van der Waals surface area contributed by atoms with Gasteiger partial charge in [0.05, 0.1) is 11.0 Å². The van der Waals surface area contributed by atoms with Crippen LogP contribution in [-0.2, 0) is 10.0 Å². The van der Waals surface area contributed by atoms with Crippen molar-refractivity contribution in [1.82, 2.24) is 4.72 Å². The van der Waals surface area contributed by atoms with Crippen molar-refractivity contribution in [1.29, 1.82) is 0 Å². The van der Waals surface area contributed by atoms with Crippen LogP contribution >= 0.6 is 23.2 Å². The van der Waals surface area contributed by atoms with Crippen molar-refractivity contribution in [3.8, 4) is 0 Å². The van der Waals surface area contributed by atoms with Crippen LogP contribution in [0.4, 0.5) is 0 Å². The smallest absolute Gasteiger partial charge is 0.240 e. The second kappa shape index (κ2) is 5.35. The summed E-state index contributed by atoms with van der Waals surface area (Å²) in [5, 5.41) is 10.1. The Morgan fingerprint density at radius 3 is 2.33 bits per heavy atom. The van der Waals surface area contributed by atoms with Crippen molar-refractivity contribution < 1.29 is 13.5 Å². The van der Waals surface area contributed by atoms with Gasteiger partial charge >= 0.3 is 0 Å². The third kappa shape index (κ3) is 3.59. The molecule has 7 heteroatoms. The van der Waals surface area contributed by atoms with E-state index < -0.39 is 16.1 Å². The van der Waals surface area contributed by atoms with Crippen LogP contribution in [0.15, 0.2) is 23.1 Å². The van der Waals surface area contributed by atoms with E-state index in [1.807, 2.05) is 0 Å². The number of aliphatic hydroxyl groups is 1. The van der Waals surface area contributed by atoms with Gasteiger partial charge in [-0.2, -0.15) is 0 Å². The number of rotatable bonds is 5. The van der Waals surface area contributed by atoms with Crippen LogP contribution in [0.3, 0.4) is 0 Å². The molecule has 0 amide bonds. The SMILES string of the molecule is O=S(=O)(NCC(O)C1CC1)c1cc(Cl)cc(Cl)c1. The lowest BCUT2D eigenvalue weighted by Crippen LogP contribution is -2.33.